The van der Waals surface area contributed by atoms with E-state index < -0.39 is 0 Å². The first-order valence-corrected chi connectivity index (χ1v) is 7.84. The van der Waals surface area contributed by atoms with Crippen LogP contribution in [0.25, 0.3) is 0 Å². The zero-order valence-electron chi connectivity index (χ0n) is 9.82. The molecular weight excluding hydrogens is 258 g/mol. The summed E-state index contributed by atoms with van der Waals surface area (Å²) < 4.78 is 1.20. The van der Waals surface area contributed by atoms with Crippen LogP contribution < -0.4 is 0 Å². The fraction of sp³-hybridized carbons (Fsp3) is 0.133. The van der Waals surface area contributed by atoms with Crippen LogP contribution in [0.15, 0.2) is 65.7 Å². The molecule has 18 heavy (non-hydrogen) atoms. The predicted octanol–water partition coefficient (Wildman–Crippen LogP) is 4.57. The Morgan fingerprint density at radius 3 is 1.67 bits per heavy atom. The van der Waals surface area contributed by atoms with Gasteiger partial charge in [-0.05, 0) is 11.1 Å². The first kappa shape index (κ1) is 11.9. The van der Waals surface area contributed by atoms with E-state index in [0.717, 1.165) is 5.08 Å². The maximum Gasteiger partial charge on any atom is 0.127 e. The average Bonchev–Trinajstić information content (AvgIpc) is 2.40. The highest BCUT2D eigenvalue weighted by Crippen LogP contribution is 2.37. The summed E-state index contributed by atoms with van der Waals surface area (Å²) in [6, 6.07) is 21.1. The molecule has 1 saturated heterocycles. The number of aliphatic imine (C=N–C) groups is 1. The minimum atomic E-state index is 0.127. The lowest BCUT2D eigenvalue weighted by Gasteiger charge is -2.19. The summed E-state index contributed by atoms with van der Waals surface area (Å²) in [4.78, 5) is 4.86. The highest BCUT2D eigenvalue weighted by Gasteiger charge is 2.18. The van der Waals surface area contributed by atoms with Crippen LogP contribution in [0.2, 0.25) is 0 Å². The molecule has 1 aliphatic heterocycles. The van der Waals surface area contributed by atoms with E-state index in [2.05, 4.69) is 48.5 Å². The Bertz CT molecular complexity index is 491. The Kier molecular flexibility index (Phi) is 3.72. The smallest absolute Gasteiger partial charge is 0.127 e. The van der Waals surface area contributed by atoms with Crippen LogP contribution in [0.4, 0.5) is 0 Å². The van der Waals surface area contributed by atoms with E-state index in [-0.39, 0.29) is 6.04 Å². The van der Waals surface area contributed by atoms with Gasteiger partial charge in [0.15, 0.2) is 0 Å². The summed E-state index contributed by atoms with van der Waals surface area (Å²) >= 11 is 3.67. The number of rotatable bonds is 3. The van der Waals surface area contributed by atoms with E-state index in [1.54, 1.807) is 0 Å². The van der Waals surface area contributed by atoms with Crippen molar-refractivity contribution >= 4 is 27.9 Å². The SMILES string of the molecule is c1ccc(C(N=C2SCS2)c2ccccc2)cc1. The van der Waals surface area contributed by atoms with Crippen molar-refractivity contribution in [2.75, 3.05) is 5.08 Å². The van der Waals surface area contributed by atoms with E-state index in [4.69, 9.17) is 4.99 Å². The van der Waals surface area contributed by atoms with Gasteiger partial charge in [0.25, 0.3) is 0 Å². The van der Waals surface area contributed by atoms with Crippen LogP contribution in [0, 0.1) is 0 Å². The monoisotopic (exact) mass is 271 g/mol. The quantitative estimate of drug-likeness (QED) is 0.810. The molecule has 1 heterocycles. The van der Waals surface area contributed by atoms with Crippen molar-refractivity contribution in [3.05, 3.63) is 71.8 Å². The lowest BCUT2D eigenvalue weighted by Crippen LogP contribution is -2.05. The Labute approximate surface area is 116 Å². The molecule has 0 N–H and O–H groups in total. The number of hydrogen-bond donors (Lipinski definition) is 0. The third-order valence-corrected chi connectivity index (χ3v) is 5.18. The molecule has 0 amide bonds. The molecule has 3 rings (SSSR count). The molecule has 0 atom stereocenters. The molecule has 90 valence electrons. The second-order valence-corrected chi connectivity index (χ2v) is 6.58. The molecule has 0 radical (unpaired) electrons. The van der Waals surface area contributed by atoms with Gasteiger partial charge in [-0.3, -0.25) is 4.99 Å². The van der Waals surface area contributed by atoms with Crippen LogP contribution in [-0.4, -0.2) is 9.46 Å². The van der Waals surface area contributed by atoms with Crippen molar-refractivity contribution in [3.8, 4) is 0 Å². The molecule has 3 heteroatoms. The highest BCUT2D eigenvalue weighted by atomic mass is 32.3. The summed E-state index contributed by atoms with van der Waals surface area (Å²) in [5, 5.41) is 1.13. The first-order chi connectivity index (χ1) is 8.93. The lowest BCUT2D eigenvalue weighted by atomic mass is 10.00. The summed E-state index contributed by atoms with van der Waals surface area (Å²) in [5.41, 5.74) is 2.51. The number of nitrogens with zero attached hydrogens (tertiary/aromatic N) is 1. The van der Waals surface area contributed by atoms with Gasteiger partial charge in [-0.15, -0.1) is 0 Å². The fourth-order valence-corrected chi connectivity index (χ4v) is 3.16. The van der Waals surface area contributed by atoms with E-state index in [0.29, 0.717) is 0 Å². The third kappa shape index (κ3) is 2.62. The Hall–Kier alpha value is -1.19. The first-order valence-electron chi connectivity index (χ1n) is 5.87. The van der Waals surface area contributed by atoms with E-state index in [1.165, 1.54) is 15.5 Å². The molecule has 0 bridgehead atoms. The Morgan fingerprint density at radius 1 is 0.778 bits per heavy atom. The van der Waals surface area contributed by atoms with E-state index in [1.807, 2.05) is 35.7 Å². The fourth-order valence-electron chi connectivity index (χ4n) is 1.90. The molecule has 0 unspecified atom stereocenters. The third-order valence-electron chi connectivity index (χ3n) is 2.83. The van der Waals surface area contributed by atoms with Gasteiger partial charge < -0.3 is 0 Å². The number of thioether (sulfide) groups is 2. The van der Waals surface area contributed by atoms with Gasteiger partial charge in [0, 0.05) is 0 Å². The van der Waals surface area contributed by atoms with Crippen LogP contribution in [-0.2, 0) is 0 Å². The van der Waals surface area contributed by atoms with Crippen molar-refractivity contribution < 1.29 is 0 Å². The molecule has 0 spiro atoms. The van der Waals surface area contributed by atoms with E-state index in [9.17, 15) is 0 Å². The molecule has 0 aliphatic carbocycles. The van der Waals surface area contributed by atoms with Gasteiger partial charge in [-0.1, -0.05) is 84.2 Å². The van der Waals surface area contributed by atoms with Gasteiger partial charge in [-0.25, -0.2) is 0 Å². The van der Waals surface area contributed by atoms with Gasteiger partial charge >= 0.3 is 0 Å². The van der Waals surface area contributed by atoms with Crippen molar-refractivity contribution in [2.45, 2.75) is 6.04 Å². The molecule has 1 aliphatic rings. The van der Waals surface area contributed by atoms with Crippen molar-refractivity contribution in [1.29, 1.82) is 0 Å². The Morgan fingerprint density at radius 2 is 1.28 bits per heavy atom. The lowest BCUT2D eigenvalue weighted by molar-refractivity contribution is 0.879. The standard InChI is InChI=1S/C15H13NS2/c1-3-7-12(8-4-1)14(16-15-17-11-18-15)13-9-5-2-6-10-13/h1-10,14H,11H2. The minimum Gasteiger partial charge on any atom is -0.259 e. The Balaban J connectivity index is 1.99. The topological polar surface area (TPSA) is 12.4 Å². The predicted molar refractivity (Wildman–Crippen MR) is 82.2 cm³/mol. The van der Waals surface area contributed by atoms with Crippen LogP contribution in [0.5, 0.6) is 0 Å². The van der Waals surface area contributed by atoms with Gasteiger partial charge in [0.1, 0.15) is 10.4 Å². The summed E-state index contributed by atoms with van der Waals surface area (Å²) in [5.74, 6) is 0. The summed E-state index contributed by atoms with van der Waals surface area (Å²) in [6.45, 7) is 0. The number of hydrogen-bond acceptors (Lipinski definition) is 3. The molecule has 1 fully saturated rings. The zero-order valence-corrected chi connectivity index (χ0v) is 11.5. The van der Waals surface area contributed by atoms with Gasteiger partial charge in [0.05, 0.1) is 5.08 Å². The number of benzene rings is 2. The highest BCUT2D eigenvalue weighted by molar-refractivity contribution is 8.52. The summed E-state index contributed by atoms with van der Waals surface area (Å²) in [6.07, 6.45) is 0. The molecule has 2 aromatic carbocycles. The van der Waals surface area contributed by atoms with Crippen LogP contribution in [0.3, 0.4) is 0 Å². The summed E-state index contributed by atoms with van der Waals surface area (Å²) in [7, 11) is 0. The molecule has 1 nitrogen and oxygen atoms in total. The second-order valence-electron chi connectivity index (χ2n) is 4.03. The largest absolute Gasteiger partial charge is 0.259 e. The average molecular weight is 271 g/mol. The van der Waals surface area contributed by atoms with Gasteiger partial charge in [-0.2, -0.15) is 0 Å². The minimum absolute atomic E-state index is 0.127. The second kappa shape index (κ2) is 5.63. The molecular formula is C15H13NS2. The zero-order chi connectivity index (χ0) is 12.2. The maximum absolute atomic E-state index is 4.86. The van der Waals surface area contributed by atoms with Gasteiger partial charge in [0.2, 0.25) is 0 Å². The molecule has 0 saturated carbocycles. The van der Waals surface area contributed by atoms with Crippen molar-refractivity contribution in [2.24, 2.45) is 4.99 Å². The molecule has 2 aromatic rings. The van der Waals surface area contributed by atoms with Crippen molar-refractivity contribution in [3.63, 3.8) is 0 Å². The normalized spacial score (nSPS) is 14.4. The maximum atomic E-state index is 4.86. The molecule has 0 aromatic heterocycles. The van der Waals surface area contributed by atoms with Crippen molar-refractivity contribution in [1.82, 2.24) is 0 Å². The van der Waals surface area contributed by atoms with Crippen LogP contribution in [0.1, 0.15) is 17.2 Å². The van der Waals surface area contributed by atoms with Crippen LogP contribution >= 0.6 is 23.5 Å². The van der Waals surface area contributed by atoms with E-state index >= 15 is 0 Å².